The number of nitriles is 1. The number of hydrogen-bond donors (Lipinski definition) is 1. The van der Waals surface area contributed by atoms with E-state index >= 15 is 0 Å². The number of benzene rings is 2. The zero-order chi connectivity index (χ0) is 14.0. The second-order valence-electron chi connectivity index (χ2n) is 3.65. The van der Waals surface area contributed by atoms with Crippen LogP contribution in [0.3, 0.4) is 0 Å². The van der Waals surface area contributed by atoms with E-state index in [4.69, 9.17) is 5.26 Å². The van der Waals surface area contributed by atoms with Gasteiger partial charge in [-0.1, -0.05) is 0 Å². The minimum atomic E-state index is -1.24. The van der Waals surface area contributed by atoms with Crippen molar-refractivity contribution in [3.63, 3.8) is 0 Å². The van der Waals surface area contributed by atoms with Gasteiger partial charge in [0.05, 0.1) is 16.9 Å². The van der Waals surface area contributed by atoms with Crippen LogP contribution < -0.4 is 5.32 Å². The van der Waals surface area contributed by atoms with E-state index in [1.165, 1.54) is 24.3 Å². The molecule has 0 fully saturated rings. The fourth-order valence-electron chi connectivity index (χ4n) is 1.47. The standard InChI is InChI=1S/C13H6BrF3N2/c14-9-3-2-8(15)5-11(9)19-10-4-1-7(6-18)12(16)13(10)17/h1-5,19H. The van der Waals surface area contributed by atoms with Gasteiger partial charge in [0.25, 0.3) is 0 Å². The van der Waals surface area contributed by atoms with Gasteiger partial charge in [-0.3, -0.25) is 0 Å². The third-order valence-electron chi connectivity index (χ3n) is 2.40. The maximum Gasteiger partial charge on any atom is 0.183 e. The molecule has 2 aromatic rings. The first kappa shape index (κ1) is 13.4. The SMILES string of the molecule is N#Cc1ccc(Nc2cc(F)ccc2Br)c(F)c1F. The van der Waals surface area contributed by atoms with Crippen LogP contribution in [0.25, 0.3) is 0 Å². The Bertz CT molecular complexity index is 680. The second kappa shape index (κ2) is 5.33. The van der Waals surface area contributed by atoms with Crippen LogP contribution in [0.2, 0.25) is 0 Å². The maximum absolute atomic E-state index is 13.7. The number of nitrogens with zero attached hydrogens (tertiary/aromatic N) is 1. The van der Waals surface area contributed by atoms with Crippen LogP contribution in [0, 0.1) is 28.8 Å². The van der Waals surface area contributed by atoms with Gasteiger partial charge in [0.2, 0.25) is 0 Å². The van der Waals surface area contributed by atoms with Crippen LogP contribution in [-0.4, -0.2) is 0 Å². The van der Waals surface area contributed by atoms with Crippen molar-refractivity contribution in [1.82, 2.24) is 0 Å². The molecule has 0 bridgehead atoms. The van der Waals surface area contributed by atoms with Gasteiger partial charge in [-0.05, 0) is 46.3 Å². The molecule has 1 N–H and O–H groups in total. The lowest BCUT2D eigenvalue weighted by atomic mass is 10.2. The lowest BCUT2D eigenvalue weighted by Gasteiger charge is -2.10. The first-order valence-electron chi connectivity index (χ1n) is 5.13. The number of halogens is 4. The van der Waals surface area contributed by atoms with Crippen molar-refractivity contribution in [3.05, 3.63) is 57.8 Å². The van der Waals surface area contributed by atoms with E-state index in [1.807, 2.05) is 0 Å². The molecule has 0 saturated carbocycles. The maximum atomic E-state index is 13.7. The molecule has 0 aliphatic carbocycles. The first-order valence-corrected chi connectivity index (χ1v) is 5.92. The topological polar surface area (TPSA) is 35.8 Å². The Balaban J connectivity index is 2.42. The lowest BCUT2D eigenvalue weighted by Crippen LogP contribution is -1.99. The van der Waals surface area contributed by atoms with Gasteiger partial charge in [0, 0.05) is 4.47 Å². The molecule has 0 aliphatic heterocycles. The molecular formula is C13H6BrF3N2. The minimum absolute atomic E-state index is 0.178. The summed E-state index contributed by atoms with van der Waals surface area (Å²) in [5, 5.41) is 11.1. The average Bonchev–Trinajstić information content (AvgIpc) is 2.39. The predicted molar refractivity (Wildman–Crippen MR) is 68.5 cm³/mol. The van der Waals surface area contributed by atoms with Crippen molar-refractivity contribution in [2.45, 2.75) is 0 Å². The van der Waals surface area contributed by atoms with Crippen molar-refractivity contribution < 1.29 is 13.2 Å². The predicted octanol–water partition coefficient (Wildman–Crippen LogP) is 4.48. The van der Waals surface area contributed by atoms with E-state index in [2.05, 4.69) is 21.2 Å². The molecule has 0 spiro atoms. The molecule has 96 valence electrons. The van der Waals surface area contributed by atoms with Crippen molar-refractivity contribution in [2.24, 2.45) is 0 Å². The fourth-order valence-corrected chi connectivity index (χ4v) is 1.82. The van der Waals surface area contributed by atoms with Crippen LogP contribution in [0.1, 0.15) is 5.56 Å². The molecule has 0 atom stereocenters. The Morgan fingerprint density at radius 1 is 1.00 bits per heavy atom. The van der Waals surface area contributed by atoms with E-state index in [1.54, 1.807) is 0 Å². The quantitative estimate of drug-likeness (QED) is 0.883. The van der Waals surface area contributed by atoms with Crippen LogP contribution in [-0.2, 0) is 0 Å². The Kier molecular flexibility index (Phi) is 3.76. The third-order valence-corrected chi connectivity index (χ3v) is 3.09. The van der Waals surface area contributed by atoms with E-state index < -0.39 is 17.5 Å². The van der Waals surface area contributed by atoms with Gasteiger partial charge in [0.15, 0.2) is 11.6 Å². The highest BCUT2D eigenvalue weighted by atomic mass is 79.9. The molecule has 0 radical (unpaired) electrons. The molecule has 0 aromatic heterocycles. The minimum Gasteiger partial charge on any atom is -0.352 e. The second-order valence-corrected chi connectivity index (χ2v) is 4.50. The molecule has 0 heterocycles. The molecule has 6 heteroatoms. The van der Waals surface area contributed by atoms with Crippen LogP contribution in [0.5, 0.6) is 0 Å². The van der Waals surface area contributed by atoms with E-state index in [9.17, 15) is 13.2 Å². The number of nitrogens with one attached hydrogen (secondary N) is 1. The molecule has 0 aliphatic rings. The van der Waals surface area contributed by atoms with Crippen molar-refractivity contribution in [3.8, 4) is 6.07 Å². The van der Waals surface area contributed by atoms with Gasteiger partial charge < -0.3 is 5.32 Å². The van der Waals surface area contributed by atoms with Crippen molar-refractivity contribution in [2.75, 3.05) is 5.32 Å². The molecule has 0 amide bonds. The normalized spacial score (nSPS) is 10.1. The van der Waals surface area contributed by atoms with Crippen molar-refractivity contribution in [1.29, 1.82) is 5.26 Å². The van der Waals surface area contributed by atoms with Crippen LogP contribution in [0.15, 0.2) is 34.8 Å². The van der Waals surface area contributed by atoms with Gasteiger partial charge in [-0.2, -0.15) is 5.26 Å². The van der Waals surface area contributed by atoms with E-state index in [0.29, 0.717) is 4.47 Å². The monoisotopic (exact) mass is 326 g/mol. The summed E-state index contributed by atoms with van der Waals surface area (Å²) in [4.78, 5) is 0. The molecule has 2 nitrogen and oxygen atoms in total. The van der Waals surface area contributed by atoms with Gasteiger partial charge in [0.1, 0.15) is 11.9 Å². The van der Waals surface area contributed by atoms with Crippen LogP contribution in [0.4, 0.5) is 24.5 Å². The van der Waals surface area contributed by atoms with E-state index in [-0.39, 0.29) is 16.9 Å². The lowest BCUT2D eigenvalue weighted by molar-refractivity contribution is 0.509. The summed E-state index contributed by atoms with van der Waals surface area (Å²) in [5.74, 6) is -2.93. The van der Waals surface area contributed by atoms with E-state index in [0.717, 1.165) is 12.1 Å². The average molecular weight is 327 g/mol. The Hall–Kier alpha value is -2.00. The molecule has 2 aromatic carbocycles. The van der Waals surface area contributed by atoms with Crippen LogP contribution >= 0.6 is 15.9 Å². The molecule has 0 saturated heterocycles. The molecule has 2 rings (SSSR count). The summed E-state index contributed by atoms with van der Waals surface area (Å²) >= 11 is 3.16. The number of anilines is 2. The molecule has 0 unspecified atom stereocenters. The Morgan fingerprint density at radius 2 is 1.74 bits per heavy atom. The first-order chi connectivity index (χ1) is 9.02. The third kappa shape index (κ3) is 2.71. The van der Waals surface area contributed by atoms with Gasteiger partial charge in [-0.15, -0.1) is 0 Å². The summed E-state index contributed by atoms with van der Waals surface area (Å²) in [7, 11) is 0. The largest absolute Gasteiger partial charge is 0.352 e. The molecular weight excluding hydrogens is 321 g/mol. The smallest absolute Gasteiger partial charge is 0.183 e. The summed E-state index contributed by atoms with van der Waals surface area (Å²) in [5.41, 5.74) is -0.313. The highest BCUT2D eigenvalue weighted by Gasteiger charge is 2.14. The Morgan fingerprint density at radius 3 is 2.42 bits per heavy atom. The summed E-state index contributed by atoms with van der Waals surface area (Å²) in [6.07, 6.45) is 0. The fraction of sp³-hybridized carbons (Fsp3) is 0. The number of hydrogen-bond acceptors (Lipinski definition) is 2. The number of rotatable bonds is 2. The zero-order valence-corrected chi connectivity index (χ0v) is 10.9. The van der Waals surface area contributed by atoms with Gasteiger partial charge in [-0.25, -0.2) is 13.2 Å². The van der Waals surface area contributed by atoms with Crippen molar-refractivity contribution >= 4 is 27.3 Å². The molecule has 19 heavy (non-hydrogen) atoms. The summed E-state index contributed by atoms with van der Waals surface area (Å²) < 4.78 is 40.7. The summed E-state index contributed by atoms with van der Waals surface area (Å²) in [6, 6.07) is 7.70. The van der Waals surface area contributed by atoms with Gasteiger partial charge >= 0.3 is 0 Å². The highest BCUT2D eigenvalue weighted by molar-refractivity contribution is 9.10. The highest BCUT2D eigenvalue weighted by Crippen LogP contribution is 2.29. The Labute approximate surface area is 115 Å². The zero-order valence-electron chi connectivity index (χ0n) is 9.35. The summed E-state index contributed by atoms with van der Waals surface area (Å²) in [6.45, 7) is 0.